The molecule has 0 aliphatic heterocycles. The van der Waals surface area contributed by atoms with Crippen molar-refractivity contribution < 1.29 is 4.79 Å². The van der Waals surface area contributed by atoms with Crippen LogP contribution in [0.15, 0.2) is 30.6 Å². The molecule has 0 saturated carbocycles. The number of benzene rings is 1. The largest absolute Gasteiger partial charge is 0.342 e. The number of aromatic amines is 1. The maximum atomic E-state index is 12.6. The Labute approximate surface area is 152 Å². The summed E-state index contributed by atoms with van der Waals surface area (Å²) < 4.78 is 1.96. The molecule has 7 nitrogen and oxygen atoms in total. The Kier molecular flexibility index (Phi) is 4.88. The summed E-state index contributed by atoms with van der Waals surface area (Å²) in [5.41, 5.74) is 4.69. The molecule has 2 N–H and O–H groups in total. The summed E-state index contributed by atoms with van der Waals surface area (Å²) in [7, 11) is 0. The Bertz CT molecular complexity index is 887. The fraction of sp³-hybridized carbons (Fsp3) is 0.368. The first-order chi connectivity index (χ1) is 12.4. The molecule has 0 fully saturated rings. The lowest BCUT2D eigenvalue weighted by Crippen LogP contribution is -2.29. The minimum atomic E-state index is -0.231. The fourth-order valence-electron chi connectivity index (χ4n) is 3.07. The molecule has 3 rings (SSSR count). The van der Waals surface area contributed by atoms with Crippen molar-refractivity contribution in [2.45, 2.75) is 46.7 Å². The molecule has 3 aromatic rings. The zero-order valence-electron chi connectivity index (χ0n) is 15.7. The van der Waals surface area contributed by atoms with E-state index in [-0.39, 0.29) is 18.0 Å². The van der Waals surface area contributed by atoms with Gasteiger partial charge in [-0.15, -0.1) is 10.2 Å². The van der Waals surface area contributed by atoms with Gasteiger partial charge in [0.2, 0.25) is 0 Å². The molecule has 0 aliphatic rings. The van der Waals surface area contributed by atoms with E-state index in [1.807, 2.05) is 49.6 Å². The van der Waals surface area contributed by atoms with Gasteiger partial charge in [-0.2, -0.15) is 5.10 Å². The van der Waals surface area contributed by atoms with Crippen LogP contribution in [0.25, 0.3) is 11.1 Å². The summed E-state index contributed by atoms with van der Waals surface area (Å²) in [5.74, 6) is 0.609. The third kappa shape index (κ3) is 3.37. The number of aromatic nitrogens is 5. The zero-order chi connectivity index (χ0) is 18.8. The number of carbonyl (C=O) groups is 1. The standard InChI is InChI=1S/C19H24N6O/c1-11(2)25-10-20-24-18(25)14(5)21-19(26)16-8-6-15(7-9-16)17-12(3)22-23-13(17)4/h6-11,14H,1-5H3,(H,21,26)(H,22,23)/t14-/m1/s1. The van der Waals surface area contributed by atoms with E-state index in [1.165, 1.54) is 0 Å². The molecule has 1 amide bonds. The molecule has 7 heteroatoms. The Morgan fingerprint density at radius 3 is 2.42 bits per heavy atom. The summed E-state index contributed by atoms with van der Waals surface area (Å²) >= 11 is 0. The lowest BCUT2D eigenvalue weighted by Gasteiger charge is -2.17. The second-order valence-corrected chi connectivity index (χ2v) is 6.77. The number of hydrogen-bond donors (Lipinski definition) is 2. The number of aryl methyl sites for hydroxylation is 2. The van der Waals surface area contributed by atoms with Gasteiger partial charge in [0.15, 0.2) is 5.82 Å². The molecule has 2 heterocycles. The first kappa shape index (κ1) is 17.8. The second-order valence-electron chi connectivity index (χ2n) is 6.77. The van der Waals surface area contributed by atoms with Crippen molar-refractivity contribution >= 4 is 5.91 Å². The summed E-state index contributed by atoms with van der Waals surface area (Å²) in [4.78, 5) is 12.6. The van der Waals surface area contributed by atoms with Crippen LogP contribution in [-0.4, -0.2) is 30.9 Å². The van der Waals surface area contributed by atoms with Crippen molar-refractivity contribution in [1.29, 1.82) is 0 Å². The highest BCUT2D eigenvalue weighted by molar-refractivity contribution is 5.95. The van der Waals surface area contributed by atoms with Crippen LogP contribution in [0.1, 0.15) is 60.4 Å². The van der Waals surface area contributed by atoms with E-state index < -0.39 is 0 Å². The van der Waals surface area contributed by atoms with Crippen LogP contribution in [-0.2, 0) is 0 Å². The first-order valence-electron chi connectivity index (χ1n) is 8.70. The summed E-state index contributed by atoms with van der Waals surface area (Å²) in [6.45, 7) is 9.97. The van der Waals surface area contributed by atoms with Crippen LogP contribution in [0.5, 0.6) is 0 Å². The van der Waals surface area contributed by atoms with Crippen molar-refractivity contribution in [1.82, 2.24) is 30.3 Å². The second kappa shape index (κ2) is 7.11. The summed E-state index contributed by atoms with van der Waals surface area (Å²) in [5, 5.41) is 18.3. The number of carbonyl (C=O) groups excluding carboxylic acids is 1. The monoisotopic (exact) mass is 352 g/mol. The molecule has 0 radical (unpaired) electrons. The van der Waals surface area contributed by atoms with E-state index >= 15 is 0 Å². The van der Waals surface area contributed by atoms with Gasteiger partial charge < -0.3 is 9.88 Å². The van der Waals surface area contributed by atoms with Gasteiger partial charge in [-0.3, -0.25) is 9.89 Å². The summed E-state index contributed by atoms with van der Waals surface area (Å²) in [6.07, 6.45) is 1.69. The number of amides is 1. The van der Waals surface area contributed by atoms with Crippen LogP contribution in [0.2, 0.25) is 0 Å². The highest BCUT2D eigenvalue weighted by Gasteiger charge is 2.18. The van der Waals surface area contributed by atoms with Crippen molar-refractivity contribution in [3.63, 3.8) is 0 Å². The van der Waals surface area contributed by atoms with Crippen LogP contribution >= 0.6 is 0 Å². The van der Waals surface area contributed by atoms with Crippen molar-refractivity contribution in [2.24, 2.45) is 0 Å². The van der Waals surface area contributed by atoms with Gasteiger partial charge >= 0.3 is 0 Å². The van der Waals surface area contributed by atoms with Gasteiger partial charge in [-0.25, -0.2) is 0 Å². The van der Waals surface area contributed by atoms with Gasteiger partial charge in [0.1, 0.15) is 6.33 Å². The molecule has 0 aliphatic carbocycles. The minimum absolute atomic E-state index is 0.136. The third-order valence-electron chi connectivity index (χ3n) is 4.46. The average Bonchev–Trinajstić information content (AvgIpc) is 3.22. The highest BCUT2D eigenvalue weighted by Crippen LogP contribution is 2.25. The Morgan fingerprint density at radius 1 is 1.15 bits per heavy atom. The SMILES string of the molecule is Cc1n[nH]c(C)c1-c1ccc(C(=O)N[C@H](C)c2nncn2C(C)C)cc1. The quantitative estimate of drug-likeness (QED) is 0.737. The average molecular weight is 352 g/mol. The first-order valence-corrected chi connectivity index (χ1v) is 8.70. The third-order valence-corrected chi connectivity index (χ3v) is 4.46. The Hall–Kier alpha value is -2.96. The van der Waals surface area contributed by atoms with Crippen molar-refractivity contribution in [2.75, 3.05) is 0 Å². The minimum Gasteiger partial charge on any atom is -0.342 e. The fourth-order valence-corrected chi connectivity index (χ4v) is 3.07. The number of rotatable bonds is 5. The van der Waals surface area contributed by atoms with Gasteiger partial charge in [-0.05, 0) is 52.3 Å². The topological polar surface area (TPSA) is 88.5 Å². The van der Waals surface area contributed by atoms with Crippen LogP contribution in [0.3, 0.4) is 0 Å². The molecular weight excluding hydrogens is 328 g/mol. The molecule has 2 aromatic heterocycles. The van der Waals surface area contributed by atoms with E-state index in [4.69, 9.17) is 0 Å². The van der Waals surface area contributed by atoms with E-state index in [0.717, 1.165) is 28.3 Å². The van der Waals surface area contributed by atoms with Gasteiger partial charge in [-0.1, -0.05) is 12.1 Å². The maximum absolute atomic E-state index is 12.6. The van der Waals surface area contributed by atoms with Crippen molar-refractivity contribution in [3.05, 3.63) is 53.4 Å². The lowest BCUT2D eigenvalue weighted by molar-refractivity contribution is 0.0937. The number of hydrogen-bond acceptors (Lipinski definition) is 4. The molecule has 1 aromatic carbocycles. The smallest absolute Gasteiger partial charge is 0.251 e. The molecule has 0 spiro atoms. The van der Waals surface area contributed by atoms with Crippen LogP contribution in [0, 0.1) is 13.8 Å². The maximum Gasteiger partial charge on any atom is 0.251 e. The van der Waals surface area contributed by atoms with Crippen molar-refractivity contribution in [3.8, 4) is 11.1 Å². The highest BCUT2D eigenvalue weighted by atomic mass is 16.1. The van der Waals surface area contributed by atoms with E-state index in [9.17, 15) is 4.79 Å². The Balaban J connectivity index is 1.75. The molecule has 0 saturated heterocycles. The van der Waals surface area contributed by atoms with Gasteiger partial charge in [0.05, 0.1) is 11.7 Å². The predicted octanol–water partition coefficient (Wildman–Crippen LogP) is 3.36. The summed E-state index contributed by atoms with van der Waals surface area (Å²) in [6, 6.07) is 7.56. The molecule has 0 unspecified atom stereocenters. The van der Waals surface area contributed by atoms with Gasteiger partial charge in [0.25, 0.3) is 5.91 Å². The number of nitrogens with zero attached hydrogens (tertiary/aromatic N) is 4. The predicted molar refractivity (Wildman–Crippen MR) is 99.8 cm³/mol. The molecule has 0 bridgehead atoms. The Morgan fingerprint density at radius 2 is 1.85 bits per heavy atom. The van der Waals surface area contributed by atoms with E-state index in [2.05, 4.69) is 39.6 Å². The normalized spacial score (nSPS) is 12.4. The van der Waals surface area contributed by atoms with Gasteiger partial charge in [0, 0.05) is 22.9 Å². The number of nitrogens with one attached hydrogen (secondary N) is 2. The molecule has 26 heavy (non-hydrogen) atoms. The number of H-pyrrole nitrogens is 1. The molecule has 1 atom stereocenters. The zero-order valence-corrected chi connectivity index (χ0v) is 15.7. The van der Waals surface area contributed by atoms with E-state index in [0.29, 0.717) is 5.56 Å². The van der Waals surface area contributed by atoms with E-state index in [1.54, 1.807) is 6.33 Å². The van der Waals surface area contributed by atoms with Crippen LogP contribution in [0.4, 0.5) is 0 Å². The molecule has 136 valence electrons. The lowest BCUT2D eigenvalue weighted by atomic mass is 10.0. The molecular formula is C19H24N6O. The van der Waals surface area contributed by atoms with Crippen LogP contribution < -0.4 is 5.32 Å².